The number of hydrogen-bond acceptors (Lipinski definition) is 5. The van der Waals surface area contributed by atoms with Crippen molar-refractivity contribution in [3.05, 3.63) is 100 Å². The van der Waals surface area contributed by atoms with Crippen molar-refractivity contribution in [2.24, 2.45) is 0 Å². The van der Waals surface area contributed by atoms with Gasteiger partial charge in [0, 0.05) is 6.54 Å². The number of nitrogens with zero attached hydrogens (tertiary/aromatic N) is 1. The Balaban J connectivity index is 1.85. The number of halogens is 1. The molecular weight excluding hydrogens is 485 g/mol. The normalized spacial score (nSPS) is 17.1. The Bertz CT molecular complexity index is 1370. The number of aliphatic hydroxyl groups is 1. The van der Waals surface area contributed by atoms with Crippen LogP contribution >= 0.6 is 0 Å². The van der Waals surface area contributed by atoms with Crippen molar-refractivity contribution in [2.45, 2.75) is 45.7 Å². The predicted octanol–water partition coefficient (Wildman–Crippen LogP) is 6.15. The monoisotopic (exact) mass is 517 g/mol. The summed E-state index contributed by atoms with van der Waals surface area (Å²) in [5, 5.41) is 11.4. The zero-order chi connectivity index (χ0) is 27.6. The van der Waals surface area contributed by atoms with Crippen molar-refractivity contribution in [2.75, 3.05) is 13.7 Å². The Morgan fingerprint density at radius 1 is 1.00 bits per heavy atom. The van der Waals surface area contributed by atoms with Crippen LogP contribution in [-0.2, 0) is 21.5 Å². The highest BCUT2D eigenvalue weighted by Gasteiger charge is 2.46. The quantitative estimate of drug-likeness (QED) is 0.231. The molecule has 4 rings (SSSR count). The van der Waals surface area contributed by atoms with Crippen LogP contribution in [0.4, 0.5) is 4.39 Å². The predicted molar refractivity (Wildman–Crippen MR) is 144 cm³/mol. The summed E-state index contributed by atoms with van der Waals surface area (Å²) in [6, 6.07) is 17.7. The Morgan fingerprint density at radius 2 is 1.66 bits per heavy atom. The summed E-state index contributed by atoms with van der Waals surface area (Å²) in [5.74, 6) is -1.81. The third-order valence-corrected chi connectivity index (χ3v) is 6.64. The maximum Gasteiger partial charge on any atom is 0.295 e. The molecule has 7 heteroatoms. The van der Waals surface area contributed by atoms with Gasteiger partial charge >= 0.3 is 0 Å². The van der Waals surface area contributed by atoms with Crippen LogP contribution in [-0.4, -0.2) is 35.4 Å². The number of rotatable bonds is 7. The number of hydrogen-bond donors (Lipinski definition) is 1. The van der Waals surface area contributed by atoms with E-state index in [1.807, 2.05) is 43.3 Å². The molecule has 1 N–H and O–H groups in total. The van der Waals surface area contributed by atoms with Crippen LogP contribution in [0.15, 0.2) is 72.3 Å². The van der Waals surface area contributed by atoms with Gasteiger partial charge < -0.3 is 19.5 Å². The van der Waals surface area contributed by atoms with E-state index in [-0.39, 0.29) is 28.8 Å². The molecule has 1 heterocycles. The molecule has 3 aromatic carbocycles. The third kappa shape index (κ3) is 5.28. The Kier molecular flexibility index (Phi) is 7.58. The van der Waals surface area contributed by atoms with Crippen molar-refractivity contribution in [3.8, 4) is 11.5 Å². The molecule has 0 spiro atoms. The highest BCUT2D eigenvalue weighted by molar-refractivity contribution is 6.46. The lowest BCUT2D eigenvalue weighted by atomic mass is 9.85. The van der Waals surface area contributed by atoms with Crippen molar-refractivity contribution < 1.29 is 28.6 Å². The molecule has 1 amide bonds. The van der Waals surface area contributed by atoms with Crippen LogP contribution in [0.25, 0.3) is 5.76 Å². The summed E-state index contributed by atoms with van der Waals surface area (Å²) in [4.78, 5) is 28.2. The summed E-state index contributed by atoms with van der Waals surface area (Å²) in [6.45, 7) is 8.83. The van der Waals surface area contributed by atoms with Crippen molar-refractivity contribution >= 4 is 17.4 Å². The van der Waals surface area contributed by atoms with Gasteiger partial charge in [0.05, 0.1) is 30.9 Å². The van der Waals surface area contributed by atoms with E-state index in [1.165, 1.54) is 24.1 Å². The molecule has 1 unspecified atom stereocenters. The first-order chi connectivity index (χ1) is 18.0. The van der Waals surface area contributed by atoms with Gasteiger partial charge in [-0.2, -0.15) is 0 Å². The van der Waals surface area contributed by atoms with Gasteiger partial charge in [0.2, 0.25) is 0 Å². The van der Waals surface area contributed by atoms with E-state index in [4.69, 9.17) is 9.47 Å². The van der Waals surface area contributed by atoms with Gasteiger partial charge in [0.25, 0.3) is 11.7 Å². The summed E-state index contributed by atoms with van der Waals surface area (Å²) in [5.41, 5.74) is 2.31. The molecule has 0 saturated carbocycles. The van der Waals surface area contributed by atoms with Crippen LogP contribution in [0.2, 0.25) is 0 Å². The number of Topliss-reactive ketones (excluding diaryl/α,β-unsaturated/α-hetero) is 1. The number of likely N-dealkylation sites (tertiary alicyclic amines) is 1. The molecule has 1 aliphatic rings. The molecule has 38 heavy (non-hydrogen) atoms. The van der Waals surface area contributed by atoms with E-state index in [0.29, 0.717) is 17.9 Å². The number of carbonyl (C=O) groups is 2. The van der Waals surface area contributed by atoms with Crippen molar-refractivity contribution in [1.82, 2.24) is 4.90 Å². The highest BCUT2D eigenvalue weighted by atomic mass is 19.1. The molecule has 0 radical (unpaired) electrons. The summed E-state index contributed by atoms with van der Waals surface area (Å²) in [6.07, 6.45) is 0. The number of amides is 1. The molecular formula is C31H32FNO5. The third-order valence-electron chi connectivity index (χ3n) is 6.64. The van der Waals surface area contributed by atoms with Crippen LogP contribution in [0, 0.1) is 5.82 Å². The molecule has 0 aliphatic carbocycles. The molecule has 0 bridgehead atoms. The Morgan fingerprint density at radius 3 is 2.24 bits per heavy atom. The Hall–Kier alpha value is -4.13. The van der Waals surface area contributed by atoms with Crippen LogP contribution < -0.4 is 9.47 Å². The maximum absolute atomic E-state index is 14.2. The highest BCUT2D eigenvalue weighted by Crippen LogP contribution is 2.42. The van der Waals surface area contributed by atoms with E-state index in [1.54, 1.807) is 12.1 Å². The maximum atomic E-state index is 14.2. The van der Waals surface area contributed by atoms with E-state index < -0.39 is 29.3 Å². The van der Waals surface area contributed by atoms with Gasteiger partial charge in [0.15, 0.2) is 0 Å². The standard InChI is InChI=1S/C31H32FNO5/c1-6-38-23-14-7-19(8-15-23)18-33-27(20-9-11-21(12-10-20)31(2,3)4)26(29(35)30(33)36)28(34)24-17-22(32)13-16-25(24)37-5/h7-17,27,34H,6,18H2,1-5H3/b28-26+. The molecule has 3 aromatic rings. The fourth-order valence-electron chi connectivity index (χ4n) is 4.62. The number of ketones is 1. The van der Waals surface area contributed by atoms with Crippen LogP contribution in [0.5, 0.6) is 11.5 Å². The Labute approximate surface area is 222 Å². The fraction of sp³-hybridized carbons (Fsp3) is 0.290. The number of benzene rings is 3. The van der Waals surface area contributed by atoms with Gasteiger partial charge in [-0.3, -0.25) is 9.59 Å². The number of carbonyl (C=O) groups excluding carboxylic acids is 2. The smallest absolute Gasteiger partial charge is 0.295 e. The molecule has 0 aromatic heterocycles. The average molecular weight is 518 g/mol. The zero-order valence-electron chi connectivity index (χ0n) is 22.2. The molecule has 1 atom stereocenters. The lowest BCUT2D eigenvalue weighted by Crippen LogP contribution is -2.29. The fourth-order valence-corrected chi connectivity index (χ4v) is 4.62. The number of methoxy groups -OCH3 is 1. The minimum absolute atomic E-state index is 0.00267. The van der Waals surface area contributed by atoms with E-state index in [9.17, 15) is 19.1 Å². The first-order valence-corrected chi connectivity index (χ1v) is 12.5. The van der Waals surface area contributed by atoms with Crippen molar-refractivity contribution in [1.29, 1.82) is 0 Å². The first kappa shape index (κ1) is 26.9. The van der Waals surface area contributed by atoms with Crippen LogP contribution in [0.1, 0.15) is 56.0 Å². The minimum atomic E-state index is -0.886. The van der Waals surface area contributed by atoms with Gasteiger partial charge in [-0.15, -0.1) is 0 Å². The minimum Gasteiger partial charge on any atom is -0.507 e. The molecule has 6 nitrogen and oxygen atoms in total. The SMILES string of the molecule is CCOc1ccc(CN2C(=O)C(=O)/C(=C(/O)c3cc(F)ccc3OC)C2c2ccc(C(C)(C)C)cc2)cc1. The number of aliphatic hydroxyl groups excluding tert-OH is 1. The first-order valence-electron chi connectivity index (χ1n) is 12.5. The zero-order valence-corrected chi connectivity index (χ0v) is 22.2. The van der Waals surface area contributed by atoms with Crippen LogP contribution in [0.3, 0.4) is 0 Å². The number of ether oxygens (including phenoxy) is 2. The van der Waals surface area contributed by atoms with Gasteiger partial charge in [-0.05, 0) is 59.4 Å². The summed E-state index contributed by atoms with van der Waals surface area (Å²) in [7, 11) is 1.39. The van der Waals surface area contributed by atoms with Gasteiger partial charge in [0.1, 0.15) is 23.1 Å². The topological polar surface area (TPSA) is 76.1 Å². The lowest BCUT2D eigenvalue weighted by molar-refractivity contribution is -0.140. The molecule has 1 aliphatic heterocycles. The molecule has 198 valence electrons. The van der Waals surface area contributed by atoms with E-state index in [0.717, 1.165) is 17.2 Å². The van der Waals surface area contributed by atoms with E-state index in [2.05, 4.69) is 20.8 Å². The second-order valence-corrected chi connectivity index (χ2v) is 10.2. The molecule has 1 saturated heterocycles. The largest absolute Gasteiger partial charge is 0.507 e. The summed E-state index contributed by atoms with van der Waals surface area (Å²) >= 11 is 0. The molecule has 1 fully saturated rings. The van der Waals surface area contributed by atoms with E-state index >= 15 is 0 Å². The van der Waals surface area contributed by atoms with Crippen molar-refractivity contribution in [3.63, 3.8) is 0 Å². The summed E-state index contributed by atoms with van der Waals surface area (Å²) < 4.78 is 25.0. The second kappa shape index (κ2) is 10.7. The lowest BCUT2D eigenvalue weighted by Gasteiger charge is -2.27. The average Bonchev–Trinajstić information content (AvgIpc) is 3.14. The second-order valence-electron chi connectivity index (χ2n) is 10.2. The van der Waals surface area contributed by atoms with Gasteiger partial charge in [-0.25, -0.2) is 4.39 Å². The van der Waals surface area contributed by atoms with Gasteiger partial charge in [-0.1, -0.05) is 57.2 Å².